The van der Waals surface area contributed by atoms with Crippen molar-refractivity contribution in [2.45, 2.75) is 96.1 Å². The molecule has 0 saturated carbocycles. The molecule has 2 aliphatic rings. The van der Waals surface area contributed by atoms with Gasteiger partial charge in [0.2, 0.25) is 5.69 Å². The summed E-state index contributed by atoms with van der Waals surface area (Å²) in [5.74, 6) is -1.86. The lowest BCUT2D eigenvalue weighted by Gasteiger charge is -2.31. The molecule has 442 valence electrons. The summed E-state index contributed by atoms with van der Waals surface area (Å²) in [7, 11) is -24.9. The molecule has 2 atom stereocenters. The van der Waals surface area contributed by atoms with E-state index in [2.05, 4.69) is 0 Å². The smallest absolute Gasteiger partial charge is 0.303 e. The van der Waals surface area contributed by atoms with Crippen molar-refractivity contribution in [2.24, 2.45) is 0 Å². The molecular weight excluding hydrogens is 1150 g/mol. The number of ether oxygens (including phenoxy) is 5. The van der Waals surface area contributed by atoms with E-state index in [-0.39, 0.29) is 98.9 Å². The van der Waals surface area contributed by atoms with Crippen LogP contribution >= 0.6 is 0 Å². The van der Waals surface area contributed by atoms with Crippen LogP contribution in [-0.2, 0) is 89.9 Å². The summed E-state index contributed by atoms with van der Waals surface area (Å²) in [6.45, 7) is 7.76. The number of aliphatic carboxylic acids is 1. The minimum atomic E-state index is -5.43. The lowest BCUT2D eigenvalue weighted by Crippen LogP contribution is -2.33. The van der Waals surface area contributed by atoms with Gasteiger partial charge in [-0.25, -0.2) is 42.1 Å². The maximum absolute atomic E-state index is 12.8. The number of nitrogens with zero attached hydrogens (tertiary/aromatic N) is 2. The molecule has 0 bridgehead atoms. The van der Waals surface area contributed by atoms with Gasteiger partial charge in [-0.05, 0) is 117 Å². The molecule has 2 heterocycles. The number of rotatable bonds is 32. The molecule has 0 saturated heterocycles. The Labute approximate surface area is 465 Å². The summed E-state index contributed by atoms with van der Waals surface area (Å²) in [5.41, 5.74) is -0.606. The highest BCUT2D eigenvalue weighted by molar-refractivity contribution is 7.87. The molecule has 29 heteroatoms. The van der Waals surface area contributed by atoms with Crippen molar-refractivity contribution in [3.05, 3.63) is 83.6 Å². The van der Waals surface area contributed by atoms with Crippen LogP contribution in [0.25, 0.3) is 21.5 Å². The van der Waals surface area contributed by atoms with E-state index in [4.69, 9.17) is 23.7 Å². The fourth-order valence-corrected chi connectivity index (χ4v) is 13.7. The molecule has 4 aromatic carbocycles. The van der Waals surface area contributed by atoms with Gasteiger partial charge in [-0.3, -0.25) is 4.79 Å². The number of fused-ring (bicyclic) bond motifs is 6. The number of carbonyl (C=O) groups is 1. The standard InChI is InChI=1S/C51H66N2O22S5/c1-5-52-41-16-14-37-39(31-35(77(59,60)61)33-43(37)79(65,66)67)48(41)50(2,18-10-30-76(56,57)58)45(52)11-9-12-46-51(3,19-21-72-24-25-74-28-29-75-27-26-73-23-22-71-4)49-40-32-36(78(62,63)64)34-44(80(68,69)70)38(40)15-17-42(49)53(46)20-8-6-7-13-47(54)55/h9,11-12,14-17,31-34H,5-8,10,13,18-30H2,1-4H3,(H5-,54,55,56,57,58,59,60,61,62,63,64,65,66,67,68,69,70)/p-4. The molecule has 0 spiro atoms. The minimum Gasteiger partial charge on any atom is -0.748 e. The molecule has 24 nitrogen and oxygen atoms in total. The van der Waals surface area contributed by atoms with Gasteiger partial charge in [0, 0.05) is 78.7 Å². The van der Waals surface area contributed by atoms with Gasteiger partial charge >= 0.3 is 5.97 Å². The Morgan fingerprint density at radius 2 is 1.12 bits per heavy atom. The number of carboxylic acid groups (broad SMARTS) is 1. The number of hydrogen-bond donors (Lipinski definition) is 1. The summed E-state index contributed by atoms with van der Waals surface area (Å²) >= 11 is 0. The molecule has 6 rings (SSSR count). The van der Waals surface area contributed by atoms with E-state index in [9.17, 15) is 74.8 Å². The largest absolute Gasteiger partial charge is 0.748 e. The molecule has 2 unspecified atom stereocenters. The highest BCUT2D eigenvalue weighted by Crippen LogP contribution is 2.54. The molecule has 2 aliphatic heterocycles. The SMILES string of the molecule is CCN1C(=CC=CC2=[N+](CCCCCC(=O)O)c3ccc4c(S(=O)(=O)[O-])cc(S(=O)(=O)[O-])cc4c3C2(C)CCOCCOCCOCCOCCOC)C(C)(CCCS(=O)(=O)[O-])c2c1ccc1c(S(=O)(=O)[O-])cc(S(=O)(=O)[O-])cc21. The third kappa shape index (κ3) is 15.2. The highest BCUT2D eigenvalue weighted by Gasteiger charge is 2.49. The van der Waals surface area contributed by atoms with Crippen LogP contribution in [0, 0.1) is 0 Å². The van der Waals surface area contributed by atoms with Crippen LogP contribution in [0.1, 0.15) is 76.8 Å². The Morgan fingerprint density at radius 1 is 0.613 bits per heavy atom. The summed E-state index contributed by atoms with van der Waals surface area (Å²) in [6.07, 6.45) is 5.53. The van der Waals surface area contributed by atoms with E-state index in [0.29, 0.717) is 86.2 Å². The second kappa shape index (κ2) is 26.2. The van der Waals surface area contributed by atoms with Gasteiger partial charge in [0.1, 0.15) is 47.0 Å². The number of likely N-dealkylation sites (N-methyl/N-ethyl adjacent to an activating group) is 1. The van der Waals surface area contributed by atoms with Crippen LogP contribution < -0.4 is 4.90 Å². The summed E-state index contributed by atoms with van der Waals surface area (Å²) in [5, 5.41) is 8.78. The molecule has 80 heavy (non-hydrogen) atoms. The molecule has 0 aromatic heterocycles. The molecule has 4 aromatic rings. The van der Waals surface area contributed by atoms with E-state index in [1.165, 1.54) is 18.2 Å². The number of carboxylic acids is 1. The first-order chi connectivity index (χ1) is 37.4. The Morgan fingerprint density at radius 3 is 1.61 bits per heavy atom. The maximum Gasteiger partial charge on any atom is 0.303 e. The van der Waals surface area contributed by atoms with E-state index >= 15 is 0 Å². The Balaban J connectivity index is 1.52. The molecule has 0 radical (unpaired) electrons. The zero-order valence-electron chi connectivity index (χ0n) is 44.2. The van der Waals surface area contributed by atoms with Gasteiger partial charge in [0.05, 0.1) is 88.0 Å². The van der Waals surface area contributed by atoms with Crippen LogP contribution in [0.5, 0.6) is 0 Å². The van der Waals surface area contributed by atoms with Crippen molar-refractivity contribution in [3.63, 3.8) is 0 Å². The topological polar surface area (TPSA) is 376 Å². The molecule has 0 fully saturated rings. The fourth-order valence-electron chi connectivity index (χ4n) is 10.5. The van der Waals surface area contributed by atoms with Crippen molar-refractivity contribution in [1.29, 1.82) is 0 Å². The van der Waals surface area contributed by atoms with Crippen LogP contribution in [0.15, 0.2) is 92.0 Å². The lowest BCUT2D eigenvalue weighted by molar-refractivity contribution is -0.438. The molecule has 0 amide bonds. The quantitative estimate of drug-likeness (QED) is 0.0405. The predicted octanol–water partition coefficient (Wildman–Crippen LogP) is 4.28. The van der Waals surface area contributed by atoms with E-state index in [1.807, 2.05) is 4.58 Å². The number of hydrogen-bond acceptors (Lipinski definition) is 22. The third-order valence-electron chi connectivity index (χ3n) is 14.1. The highest BCUT2D eigenvalue weighted by atomic mass is 32.2. The third-order valence-corrected chi connectivity index (χ3v) is 18.2. The van der Waals surface area contributed by atoms with Gasteiger partial charge in [-0.15, -0.1) is 0 Å². The minimum absolute atomic E-state index is 0.0169. The van der Waals surface area contributed by atoms with Gasteiger partial charge in [0.15, 0.2) is 5.71 Å². The Kier molecular flexibility index (Phi) is 21.1. The predicted molar refractivity (Wildman–Crippen MR) is 284 cm³/mol. The normalized spacial score (nSPS) is 18.6. The number of benzene rings is 4. The number of methoxy groups -OCH3 is 1. The van der Waals surface area contributed by atoms with E-state index in [0.717, 1.165) is 12.1 Å². The molecular formula is C51H62N2O22S5-4. The van der Waals surface area contributed by atoms with Crippen LogP contribution in [0.2, 0.25) is 0 Å². The van der Waals surface area contributed by atoms with Crippen LogP contribution in [0.4, 0.5) is 11.4 Å². The molecule has 1 N–H and O–H groups in total. The van der Waals surface area contributed by atoms with Gasteiger partial charge < -0.3 is 56.5 Å². The average Bonchev–Trinajstić information content (AvgIpc) is 3.74. The van der Waals surface area contributed by atoms with Crippen molar-refractivity contribution < 1.29 is 103 Å². The second-order valence-corrected chi connectivity index (χ2v) is 26.4. The van der Waals surface area contributed by atoms with Gasteiger partial charge in [-0.1, -0.05) is 12.1 Å². The first kappa shape index (κ1) is 64.3. The summed E-state index contributed by atoms with van der Waals surface area (Å²) in [4.78, 5) is 9.25. The monoisotopic (exact) mass is 1210 g/mol. The maximum atomic E-state index is 12.8. The van der Waals surface area contributed by atoms with Crippen molar-refractivity contribution in [2.75, 3.05) is 90.3 Å². The van der Waals surface area contributed by atoms with Crippen molar-refractivity contribution in [1.82, 2.24) is 0 Å². The number of anilines is 1. The number of unbranched alkanes of at least 4 members (excludes halogenated alkanes) is 2. The fraction of sp³-hybridized carbons (Fsp3) is 0.490. The van der Waals surface area contributed by atoms with Gasteiger partial charge in [0.25, 0.3) is 0 Å². The van der Waals surface area contributed by atoms with Crippen LogP contribution in [0.3, 0.4) is 0 Å². The van der Waals surface area contributed by atoms with E-state index < -0.39 is 92.7 Å². The van der Waals surface area contributed by atoms with Crippen molar-refractivity contribution >= 4 is 95.2 Å². The summed E-state index contributed by atoms with van der Waals surface area (Å²) < 4.78 is 218. The van der Waals surface area contributed by atoms with Crippen LogP contribution in [-0.4, -0.2) is 172 Å². The average molecular weight is 1220 g/mol. The summed E-state index contributed by atoms with van der Waals surface area (Å²) in [6, 6.07) is 8.56. The van der Waals surface area contributed by atoms with E-state index in [1.54, 1.807) is 57.1 Å². The second-order valence-electron chi connectivity index (χ2n) is 19.4. The first-order valence-electron chi connectivity index (χ1n) is 25.2. The Bertz CT molecular complexity index is 3660. The Hall–Kier alpha value is -4.83. The zero-order valence-corrected chi connectivity index (χ0v) is 48.3. The van der Waals surface area contributed by atoms with Crippen molar-refractivity contribution in [3.8, 4) is 0 Å². The first-order valence-corrected chi connectivity index (χ1v) is 32.4. The number of allylic oxidation sites excluding steroid dienone is 4. The lowest BCUT2D eigenvalue weighted by atomic mass is 9.74. The molecule has 0 aliphatic carbocycles. The zero-order chi connectivity index (χ0) is 59.1. The van der Waals surface area contributed by atoms with Gasteiger partial charge in [-0.2, -0.15) is 4.58 Å².